The Morgan fingerprint density at radius 1 is 1.06 bits per heavy atom. The highest BCUT2D eigenvalue weighted by Gasteiger charge is 2.35. The summed E-state index contributed by atoms with van der Waals surface area (Å²) in [5, 5.41) is 11.2. The average molecular weight is 490 g/mol. The van der Waals surface area contributed by atoms with Gasteiger partial charge in [-0.2, -0.15) is 0 Å². The molecule has 8 nitrogen and oxygen atoms in total. The molecule has 2 amide bonds. The lowest BCUT2D eigenvalue weighted by Gasteiger charge is -2.34. The number of methoxy groups -OCH3 is 1. The van der Waals surface area contributed by atoms with E-state index in [1.807, 2.05) is 39.0 Å². The fourth-order valence-electron chi connectivity index (χ4n) is 3.94. The Kier molecular flexibility index (Phi) is 7.00. The Labute approximate surface area is 208 Å². The summed E-state index contributed by atoms with van der Waals surface area (Å²) in [6.45, 7) is 5.40. The third-order valence-corrected chi connectivity index (χ3v) is 5.49. The van der Waals surface area contributed by atoms with Crippen LogP contribution in [0, 0.1) is 5.82 Å². The number of amides is 2. The van der Waals surface area contributed by atoms with E-state index in [-0.39, 0.29) is 6.54 Å². The van der Waals surface area contributed by atoms with Gasteiger partial charge in [0.15, 0.2) is 0 Å². The van der Waals surface area contributed by atoms with Crippen LogP contribution in [0.25, 0.3) is 11.0 Å². The third kappa shape index (κ3) is 5.51. The number of aromatic nitrogens is 3. The molecule has 1 atom stereocenters. The monoisotopic (exact) mass is 489 g/mol. The molecular formula is C27H28FN5O3. The molecule has 9 heteroatoms. The second kappa shape index (κ2) is 10.2. The fraction of sp³-hybridized carbons (Fsp3) is 0.259. The molecule has 1 unspecified atom stereocenters. The number of para-hydroxylation sites is 1. The molecule has 4 rings (SSSR count). The van der Waals surface area contributed by atoms with Crippen molar-refractivity contribution in [1.29, 1.82) is 0 Å². The molecule has 0 aliphatic carbocycles. The number of hydrogen-bond acceptors (Lipinski definition) is 5. The number of benzene rings is 3. The van der Waals surface area contributed by atoms with Crippen molar-refractivity contribution in [2.75, 3.05) is 12.0 Å². The van der Waals surface area contributed by atoms with Crippen LogP contribution in [0.5, 0.6) is 5.75 Å². The number of rotatable bonds is 7. The van der Waals surface area contributed by atoms with Crippen LogP contribution in [0.15, 0.2) is 72.8 Å². The molecule has 0 fully saturated rings. The maximum absolute atomic E-state index is 13.9. The van der Waals surface area contributed by atoms with Crippen molar-refractivity contribution < 1.29 is 18.7 Å². The summed E-state index contributed by atoms with van der Waals surface area (Å²) in [4.78, 5) is 29.0. The summed E-state index contributed by atoms with van der Waals surface area (Å²) in [6.07, 6.45) is 0. The second-order valence-corrected chi connectivity index (χ2v) is 9.39. The molecule has 0 spiro atoms. The summed E-state index contributed by atoms with van der Waals surface area (Å²) >= 11 is 0. The lowest BCUT2D eigenvalue weighted by Crippen LogP contribution is -2.50. The maximum atomic E-state index is 13.9. The predicted molar refractivity (Wildman–Crippen MR) is 135 cm³/mol. The number of carbonyl (C=O) groups excluding carboxylic acids is 2. The highest BCUT2D eigenvalue weighted by molar-refractivity contribution is 6.01. The second-order valence-electron chi connectivity index (χ2n) is 9.39. The summed E-state index contributed by atoms with van der Waals surface area (Å²) in [7, 11) is 1.53. The quantitative estimate of drug-likeness (QED) is 0.419. The molecule has 0 radical (unpaired) electrons. The van der Waals surface area contributed by atoms with Crippen LogP contribution in [0.3, 0.4) is 0 Å². The van der Waals surface area contributed by atoms with Crippen molar-refractivity contribution in [3.05, 3.63) is 84.2 Å². The van der Waals surface area contributed by atoms with E-state index >= 15 is 0 Å². The van der Waals surface area contributed by atoms with E-state index in [2.05, 4.69) is 15.6 Å². The largest absolute Gasteiger partial charge is 0.497 e. The Morgan fingerprint density at radius 3 is 2.47 bits per heavy atom. The summed E-state index contributed by atoms with van der Waals surface area (Å²) in [6, 6.07) is 18.7. The lowest BCUT2D eigenvalue weighted by atomic mass is 10.0. The zero-order chi connectivity index (χ0) is 25.9. The van der Waals surface area contributed by atoms with Gasteiger partial charge < -0.3 is 10.1 Å². The molecule has 1 heterocycles. The van der Waals surface area contributed by atoms with Gasteiger partial charge in [-0.3, -0.25) is 14.5 Å². The van der Waals surface area contributed by atoms with Gasteiger partial charge in [-0.1, -0.05) is 29.5 Å². The van der Waals surface area contributed by atoms with Gasteiger partial charge in [0.25, 0.3) is 0 Å². The average Bonchev–Trinajstić information content (AvgIpc) is 3.24. The van der Waals surface area contributed by atoms with Crippen molar-refractivity contribution in [2.45, 2.75) is 38.9 Å². The number of nitrogens with zero attached hydrogens (tertiary/aromatic N) is 4. The minimum absolute atomic E-state index is 0.179. The van der Waals surface area contributed by atoms with Gasteiger partial charge in [0, 0.05) is 11.2 Å². The Morgan fingerprint density at radius 2 is 1.78 bits per heavy atom. The molecule has 1 aromatic heterocycles. The van der Waals surface area contributed by atoms with Crippen molar-refractivity contribution in [1.82, 2.24) is 20.3 Å². The van der Waals surface area contributed by atoms with E-state index in [4.69, 9.17) is 4.74 Å². The van der Waals surface area contributed by atoms with E-state index < -0.39 is 29.2 Å². The lowest BCUT2D eigenvalue weighted by molar-refractivity contribution is -0.128. The predicted octanol–water partition coefficient (Wildman–Crippen LogP) is 4.27. The van der Waals surface area contributed by atoms with Crippen LogP contribution in [0.4, 0.5) is 10.1 Å². The SMILES string of the molecule is COc1cccc(C(C(=O)NC(C)(C)C)N(C(=O)Cn2nnc3ccccc32)c2ccc(F)cc2)c1. The van der Waals surface area contributed by atoms with Gasteiger partial charge in [0.2, 0.25) is 11.8 Å². The first-order valence-corrected chi connectivity index (χ1v) is 11.5. The van der Waals surface area contributed by atoms with Crippen LogP contribution < -0.4 is 15.0 Å². The number of fused-ring (bicyclic) bond motifs is 1. The van der Waals surface area contributed by atoms with Crippen molar-refractivity contribution >= 4 is 28.5 Å². The topological polar surface area (TPSA) is 89.4 Å². The summed E-state index contributed by atoms with van der Waals surface area (Å²) in [5.74, 6) is -0.730. The van der Waals surface area contributed by atoms with Crippen molar-refractivity contribution in [2.24, 2.45) is 0 Å². The first kappa shape index (κ1) is 24.8. The van der Waals surface area contributed by atoms with E-state index in [0.29, 0.717) is 28.0 Å². The Balaban J connectivity index is 1.83. The van der Waals surface area contributed by atoms with Gasteiger partial charge in [0.05, 0.1) is 12.6 Å². The zero-order valence-corrected chi connectivity index (χ0v) is 20.6. The number of halogens is 1. The first-order chi connectivity index (χ1) is 17.2. The molecule has 186 valence electrons. The molecule has 0 saturated heterocycles. The van der Waals surface area contributed by atoms with E-state index in [0.717, 1.165) is 0 Å². The third-order valence-electron chi connectivity index (χ3n) is 5.49. The molecule has 0 aliphatic heterocycles. The number of anilines is 1. The number of ether oxygens (including phenoxy) is 1. The van der Waals surface area contributed by atoms with Crippen LogP contribution in [0.2, 0.25) is 0 Å². The summed E-state index contributed by atoms with van der Waals surface area (Å²) < 4.78 is 20.7. The maximum Gasteiger partial charge on any atom is 0.249 e. The molecule has 1 N–H and O–H groups in total. The normalized spacial score (nSPS) is 12.2. The number of carbonyl (C=O) groups is 2. The minimum atomic E-state index is -1.06. The van der Waals surface area contributed by atoms with Crippen LogP contribution in [-0.2, 0) is 16.1 Å². The van der Waals surface area contributed by atoms with Crippen LogP contribution in [-0.4, -0.2) is 39.5 Å². The van der Waals surface area contributed by atoms with Gasteiger partial charge in [0.1, 0.15) is 29.7 Å². The van der Waals surface area contributed by atoms with Gasteiger partial charge in [-0.05, 0) is 74.9 Å². The highest BCUT2D eigenvalue weighted by Crippen LogP contribution is 2.31. The van der Waals surface area contributed by atoms with Gasteiger partial charge in [-0.15, -0.1) is 5.10 Å². The van der Waals surface area contributed by atoms with E-state index in [1.54, 1.807) is 30.3 Å². The standard InChI is InChI=1S/C27H28FN5O3/c1-27(2,3)29-26(35)25(18-8-7-9-21(16-18)36-4)33(20-14-12-19(28)13-15-20)24(34)17-32-23-11-6-5-10-22(23)30-31-32/h5-16,25H,17H2,1-4H3,(H,29,35). The van der Waals surface area contributed by atoms with Gasteiger partial charge in [-0.25, -0.2) is 9.07 Å². The molecule has 0 bridgehead atoms. The molecule has 36 heavy (non-hydrogen) atoms. The fourth-order valence-corrected chi connectivity index (χ4v) is 3.94. The number of hydrogen-bond donors (Lipinski definition) is 1. The van der Waals surface area contributed by atoms with Crippen LogP contribution in [0.1, 0.15) is 32.4 Å². The molecule has 3 aromatic carbocycles. The van der Waals surface area contributed by atoms with Crippen LogP contribution >= 0.6 is 0 Å². The Bertz CT molecular complexity index is 1380. The van der Waals surface area contributed by atoms with Crippen molar-refractivity contribution in [3.63, 3.8) is 0 Å². The zero-order valence-electron chi connectivity index (χ0n) is 20.6. The number of nitrogens with one attached hydrogen (secondary N) is 1. The summed E-state index contributed by atoms with van der Waals surface area (Å²) in [5.41, 5.74) is 1.67. The van der Waals surface area contributed by atoms with E-state index in [9.17, 15) is 14.0 Å². The molecule has 4 aromatic rings. The smallest absolute Gasteiger partial charge is 0.249 e. The van der Waals surface area contributed by atoms with Crippen molar-refractivity contribution in [3.8, 4) is 5.75 Å². The highest BCUT2D eigenvalue weighted by atomic mass is 19.1. The molecular weight excluding hydrogens is 461 g/mol. The Hall–Kier alpha value is -4.27. The first-order valence-electron chi connectivity index (χ1n) is 11.5. The van der Waals surface area contributed by atoms with Gasteiger partial charge >= 0.3 is 0 Å². The molecule has 0 aliphatic rings. The van der Waals surface area contributed by atoms with E-state index in [1.165, 1.54) is 41.0 Å². The minimum Gasteiger partial charge on any atom is -0.497 e. The molecule has 0 saturated carbocycles.